The molecular formula is C11H16N2O2. The molecule has 0 spiro atoms. The van der Waals surface area contributed by atoms with E-state index in [-0.39, 0.29) is 0 Å². The summed E-state index contributed by atoms with van der Waals surface area (Å²) in [7, 11) is 3.37. The van der Waals surface area contributed by atoms with Crippen LogP contribution in [0.2, 0.25) is 0 Å². The summed E-state index contributed by atoms with van der Waals surface area (Å²) in [5, 5.41) is 6.68. The molecule has 2 rings (SSSR count). The Bertz CT molecular complexity index is 320. The van der Waals surface area contributed by atoms with Crippen LogP contribution in [0.3, 0.4) is 0 Å². The van der Waals surface area contributed by atoms with E-state index in [1.54, 1.807) is 14.2 Å². The molecule has 15 heavy (non-hydrogen) atoms. The maximum absolute atomic E-state index is 5.33. The normalized spacial score (nSPS) is 14.8. The van der Waals surface area contributed by atoms with Crippen LogP contribution in [0.4, 0.5) is 5.69 Å². The van der Waals surface area contributed by atoms with Gasteiger partial charge in [-0.3, -0.25) is 0 Å². The van der Waals surface area contributed by atoms with Gasteiger partial charge in [-0.1, -0.05) is 0 Å². The molecule has 0 saturated heterocycles. The van der Waals surface area contributed by atoms with Crippen molar-refractivity contribution in [2.45, 2.75) is 6.54 Å². The van der Waals surface area contributed by atoms with Crippen molar-refractivity contribution in [1.29, 1.82) is 0 Å². The number of benzene rings is 1. The van der Waals surface area contributed by atoms with E-state index in [0.717, 1.165) is 42.4 Å². The second-order valence-electron chi connectivity index (χ2n) is 3.43. The molecule has 0 bridgehead atoms. The van der Waals surface area contributed by atoms with Crippen molar-refractivity contribution in [3.05, 3.63) is 17.7 Å². The number of hydrogen-bond donors (Lipinski definition) is 2. The zero-order valence-corrected chi connectivity index (χ0v) is 9.09. The lowest BCUT2D eigenvalue weighted by molar-refractivity contribution is 0.400. The highest BCUT2D eigenvalue weighted by atomic mass is 16.5. The molecule has 82 valence electrons. The lowest BCUT2D eigenvalue weighted by atomic mass is 10.1. The Morgan fingerprint density at radius 2 is 1.80 bits per heavy atom. The number of anilines is 1. The standard InChI is InChI=1S/C11H16N2O2/c1-14-9-3-4-10(15-2)11-8(9)7-12-5-6-13-11/h3-4,12-13H,5-7H2,1-2H3. The molecule has 1 aliphatic rings. The van der Waals surface area contributed by atoms with Crippen LogP contribution in [-0.2, 0) is 6.54 Å². The van der Waals surface area contributed by atoms with Gasteiger partial charge in [-0.2, -0.15) is 0 Å². The third-order valence-corrected chi connectivity index (χ3v) is 2.58. The fraction of sp³-hybridized carbons (Fsp3) is 0.455. The van der Waals surface area contributed by atoms with E-state index in [9.17, 15) is 0 Å². The van der Waals surface area contributed by atoms with Gasteiger partial charge < -0.3 is 20.1 Å². The van der Waals surface area contributed by atoms with E-state index in [4.69, 9.17) is 9.47 Å². The van der Waals surface area contributed by atoms with Crippen molar-refractivity contribution in [3.8, 4) is 11.5 Å². The second-order valence-corrected chi connectivity index (χ2v) is 3.43. The van der Waals surface area contributed by atoms with E-state index in [2.05, 4.69) is 10.6 Å². The van der Waals surface area contributed by atoms with Crippen LogP contribution in [0.1, 0.15) is 5.56 Å². The largest absolute Gasteiger partial charge is 0.496 e. The number of nitrogens with one attached hydrogen (secondary N) is 2. The van der Waals surface area contributed by atoms with Crippen LogP contribution >= 0.6 is 0 Å². The Morgan fingerprint density at radius 1 is 1.07 bits per heavy atom. The summed E-state index contributed by atoms with van der Waals surface area (Å²) in [5.41, 5.74) is 2.18. The van der Waals surface area contributed by atoms with Gasteiger partial charge in [0.05, 0.1) is 19.9 Å². The molecule has 0 atom stereocenters. The summed E-state index contributed by atoms with van der Waals surface area (Å²) in [5.74, 6) is 1.77. The van der Waals surface area contributed by atoms with Crippen molar-refractivity contribution >= 4 is 5.69 Å². The summed E-state index contributed by atoms with van der Waals surface area (Å²) >= 11 is 0. The molecule has 0 saturated carbocycles. The van der Waals surface area contributed by atoms with Crippen LogP contribution in [0.15, 0.2) is 12.1 Å². The first kappa shape index (κ1) is 10.1. The van der Waals surface area contributed by atoms with Crippen LogP contribution in [-0.4, -0.2) is 27.3 Å². The van der Waals surface area contributed by atoms with E-state index < -0.39 is 0 Å². The van der Waals surface area contributed by atoms with Crippen LogP contribution < -0.4 is 20.1 Å². The minimum Gasteiger partial charge on any atom is -0.496 e. The Labute approximate surface area is 89.6 Å². The molecule has 0 aromatic heterocycles. The van der Waals surface area contributed by atoms with E-state index in [0.29, 0.717) is 0 Å². The summed E-state index contributed by atoms with van der Waals surface area (Å²) in [6, 6.07) is 3.86. The molecule has 0 amide bonds. The number of methoxy groups -OCH3 is 2. The van der Waals surface area contributed by atoms with Crippen LogP contribution in [0, 0.1) is 0 Å². The first-order valence-electron chi connectivity index (χ1n) is 5.05. The first-order chi connectivity index (χ1) is 7.36. The number of fused-ring (bicyclic) bond motifs is 1. The summed E-state index contributed by atoms with van der Waals surface area (Å²) in [6.07, 6.45) is 0. The minimum atomic E-state index is 0.808. The summed E-state index contributed by atoms with van der Waals surface area (Å²) < 4.78 is 10.7. The van der Waals surface area contributed by atoms with E-state index >= 15 is 0 Å². The van der Waals surface area contributed by atoms with Gasteiger partial charge >= 0.3 is 0 Å². The van der Waals surface area contributed by atoms with Crippen molar-refractivity contribution in [2.24, 2.45) is 0 Å². The van der Waals surface area contributed by atoms with Gasteiger partial charge in [0, 0.05) is 25.2 Å². The molecule has 4 nitrogen and oxygen atoms in total. The zero-order chi connectivity index (χ0) is 10.7. The topological polar surface area (TPSA) is 42.5 Å². The predicted molar refractivity (Wildman–Crippen MR) is 59.7 cm³/mol. The smallest absolute Gasteiger partial charge is 0.142 e. The zero-order valence-electron chi connectivity index (χ0n) is 9.09. The molecule has 1 heterocycles. The van der Waals surface area contributed by atoms with Gasteiger partial charge in [0.15, 0.2) is 0 Å². The number of rotatable bonds is 2. The average molecular weight is 208 g/mol. The molecular weight excluding hydrogens is 192 g/mol. The molecule has 1 aromatic rings. The summed E-state index contributed by atoms with van der Waals surface area (Å²) in [4.78, 5) is 0. The summed E-state index contributed by atoms with van der Waals surface area (Å²) in [6.45, 7) is 2.65. The van der Waals surface area contributed by atoms with Gasteiger partial charge in [-0.05, 0) is 12.1 Å². The van der Waals surface area contributed by atoms with E-state index in [1.165, 1.54) is 0 Å². The van der Waals surface area contributed by atoms with Gasteiger partial charge in [0.1, 0.15) is 11.5 Å². The number of hydrogen-bond acceptors (Lipinski definition) is 4. The molecule has 0 aliphatic carbocycles. The van der Waals surface area contributed by atoms with Gasteiger partial charge in [-0.25, -0.2) is 0 Å². The highest BCUT2D eigenvalue weighted by Gasteiger charge is 2.16. The molecule has 0 fully saturated rings. The molecule has 0 radical (unpaired) electrons. The predicted octanol–water partition coefficient (Wildman–Crippen LogP) is 1.22. The molecule has 4 heteroatoms. The Balaban J connectivity index is 2.48. The third-order valence-electron chi connectivity index (χ3n) is 2.58. The second kappa shape index (κ2) is 4.40. The van der Waals surface area contributed by atoms with Crippen molar-refractivity contribution in [1.82, 2.24) is 5.32 Å². The lowest BCUT2D eigenvalue weighted by Crippen LogP contribution is -2.17. The Morgan fingerprint density at radius 3 is 2.53 bits per heavy atom. The highest BCUT2D eigenvalue weighted by Crippen LogP contribution is 2.35. The SMILES string of the molecule is COc1ccc(OC)c2c1CNCCN2. The number of ether oxygens (including phenoxy) is 2. The fourth-order valence-electron chi connectivity index (χ4n) is 1.83. The molecule has 0 unspecified atom stereocenters. The highest BCUT2D eigenvalue weighted by molar-refractivity contribution is 5.67. The van der Waals surface area contributed by atoms with Gasteiger partial charge in [-0.15, -0.1) is 0 Å². The fourth-order valence-corrected chi connectivity index (χ4v) is 1.83. The van der Waals surface area contributed by atoms with Crippen molar-refractivity contribution < 1.29 is 9.47 Å². The van der Waals surface area contributed by atoms with Crippen molar-refractivity contribution in [3.63, 3.8) is 0 Å². The molecule has 2 N–H and O–H groups in total. The average Bonchev–Trinajstić information content (AvgIpc) is 2.53. The lowest BCUT2D eigenvalue weighted by Gasteiger charge is -2.15. The van der Waals surface area contributed by atoms with Gasteiger partial charge in [0.2, 0.25) is 0 Å². The van der Waals surface area contributed by atoms with Crippen LogP contribution in [0.5, 0.6) is 11.5 Å². The van der Waals surface area contributed by atoms with Crippen molar-refractivity contribution in [2.75, 3.05) is 32.6 Å². The first-order valence-corrected chi connectivity index (χ1v) is 5.05. The quantitative estimate of drug-likeness (QED) is 0.767. The minimum absolute atomic E-state index is 0.808. The third kappa shape index (κ3) is 1.85. The Kier molecular flexibility index (Phi) is 2.97. The molecule has 1 aliphatic heterocycles. The van der Waals surface area contributed by atoms with Gasteiger partial charge in [0.25, 0.3) is 0 Å². The monoisotopic (exact) mass is 208 g/mol. The maximum atomic E-state index is 5.33. The Hall–Kier alpha value is -1.42. The maximum Gasteiger partial charge on any atom is 0.142 e. The van der Waals surface area contributed by atoms with E-state index in [1.807, 2.05) is 12.1 Å². The molecule has 1 aromatic carbocycles. The van der Waals surface area contributed by atoms with Crippen LogP contribution in [0.25, 0.3) is 0 Å².